The Labute approximate surface area is 116 Å². The minimum absolute atomic E-state index is 0.0764. The van der Waals surface area contributed by atoms with Gasteiger partial charge in [-0.1, -0.05) is 11.2 Å². The van der Waals surface area contributed by atoms with Crippen LogP contribution in [0.15, 0.2) is 24.9 Å². The Morgan fingerprint density at radius 1 is 1.15 bits per heavy atom. The SMILES string of the molecule is NS(=O)(=O)N1CCC(N2C=CON2)CC1N1C=CON1. The van der Waals surface area contributed by atoms with Gasteiger partial charge in [0.1, 0.15) is 18.7 Å². The minimum atomic E-state index is -3.79. The second-order valence-corrected chi connectivity index (χ2v) is 6.12. The maximum atomic E-state index is 11.7. The molecule has 20 heavy (non-hydrogen) atoms. The number of piperidine rings is 1. The smallest absolute Gasteiger partial charge is 0.278 e. The molecular weight excluding hydrogens is 288 g/mol. The van der Waals surface area contributed by atoms with Crippen LogP contribution in [0, 0.1) is 0 Å². The lowest BCUT2D eigenvalue weighted by Gasteiger charge is -2.42. The molecule has 0 saturated carbocycles. The summed E-state index contributed by atoms with van der Waals surface area (Å²) in [4.78, 5) is 9.83. The molecular formula is C9H16N6O4S. The standard InChI is InChI=1S/C9H16N6O4S/c10-20(16,17)15-2-1-8(13-3-5-18-11-13)7-9(15)14-4-6-19-12-14/h3-6,8-9,11-12H,1-2,7H2,(H2,10,16,17). The molecule has 11 heteroatoms. The van der Waals surface area contributed by atoms with Crippen molar-refractivity contribution in [3.05, 3.63) is 24.9 Å². The van der Waals surface area contributed by atoms with Crippen LogP contribution in [0.2, 0.25) is 0 Å². The number of nitrogens with two attached hydrogens (primary N) is 1. The van der Waals surface area contributed by atoms with Gasteiger partial charge in [0.15, 0.2) is 0 Å². The lowest BCUT2D eigenvalue weighted by atomic mass is 10.0. The van der Waals surface area contributed by atoms with Gasteiger partial charge in [0, 0.05) is 13.0 Å². The molecule has 0 bridgehead atoms. The number of hydrogen-bond donors (Lipinski definition) is 3. The van der Waals surface area contributed by atoms with Crippen molar-refractivity contribution in [3.8, 4) is 0 Å². The van der Waals surface area contributed by atoms with E-state index in [9.17, 15) is 8.42 Å². The summed E-state index contributed by atoms with van der Waals surface area (Å²) in [6.45, 7) is 0.312. The molecule has 0 aromatic heterocycles. The van der Waals surface area contributed by atoms with Gasteiger partial charge in [-0.15, -0.1) is 0 Å². The maximum absolute atomic E-state index is 11.7. The van der Waals surface area contributed by atoms with Crippen molar-refractivity contribution in [1.82, 2.24) is 25.5 Å². The van der Waals surface area contributed by atoms with Gasteiger partial charge < -0.3 is 9.68 Å². The Morgan fingerprint density at radius 3 is 2.35 bits per heavy atom. The van der Waals surface area contributed by atoms with E-state index in [0.29, 0.717) is 19.4 Å². The van der Waals surface area contributed by atoms with Gasteiger partial charge in [-0.2, -0.15) is 12.7 Å². The van der Waals surface area contributed by atoms with Gasteiger partial charge >= 0.3 is 0 Å². The molecule has 0 spiro atoms. The summed E-state index contributed by atoms with van der Waals surface area (Å²) in [5.74, 6) is 0. The molecule has 3 aliphatic rings. The van der Waals surface area contributed by atoms with Crippen LogP contribution in [0.5, 0.6) is 0 Å². The number of nitrogens with zero attached hydrogens (tertiary/aromatic N) is 3. The summed E-state index contributed by atoms with van der Waals surface area (Å²) >= 11 is 0. The summed E-state index contributed by atoms with van der Waals surface area (Å²) in [6.07, 6.45) is 7.02. The second kappa shape index (κ2) is 5.10. The highest BCUT2D eigenvalue weighted by molar-refractivity contribution is 7.86. The molecule has 2 atom stereocenters. The van der Waals surface area contributed by atoms with Crippen LogP contribution in [-0.2, 0) is 19.9 Å². The average Bonchev–Trinajstić information content (AvgIpc) is 3.10. The van der Waals surface area contributed by atoms with Crippen LogP contribution in [0.4, 0.5) is 0 Å². The molecule has 3 aliphatic heterocycles. The van der Waals surface area contributed by atoms with Crippen LogP contribution in [0.1, 0.15) is 12.8 Å². The summed E-state index contributed by atoms with van der Waals surface area (Å²) in [5, 5.41) is 8.64. The van der Waals surface area contributed by atoms with Crippen LogP contribution in [-0.4, -0.2) is 41.5 Å². The molecule has 112 valence electrons. The van der Waals surface area contributed by atoms with Crippen molar-refractivity contribution in [2.24, 2.45) is 5.14 Å². The number of nitrogens with one attached hydrogen (secondary N) is 2. The Hall–Kier alpha value is -1.53. The van der Waals surface area contributed by atoms with Crippen molar-refractivity contribution in [1.29, 1.82) is 0 Å². The number of hydrazine groups is 2. The molecule has 0 amide bonds. The Kier molecular flexibility index (Phi) is 3.43. The Balaban J connectivity index is 1.78. The Bertz CT molecular complexity index is 523. The largest absolute Gasteiger partial charge is 0.395 e. The van der Waals surface area contributed by atoms with Crippen LogP contribution < -0.4 is 16.3 Å². The van der Waals surface area contributed by atoms with E-state index in [1.165, 1.54) is 16.8 Å². The van der Waals surface area contributed by atoms with Crippen molar-refractivity contribution < 1.29 is 18.1 Å². The Morgan fingerprint density at radius 2 is 1.80 bits per heavy atom. The van der Waals surface area contributed by atoms with E-state index in [1.54, 1.807) is 22.4 Å². The average molecular weight is 304 g/mol. The van der Waals surface area contributed by atoms with Gasteiger partial charge in [-0.3, -0.25) is 10.0 Å². The van der Waals surface area contributed by atoms with E-state index in [2.05, 4.69) is 11.2 Å². The first-order valence-corrected chi connectivity index (χ1v) is 7.58. The van der Waals surface area contributed by atoms with E-state index >= 15 is 0 Å². The molecule has 1 saturated heterocycles. The zero-order valence-electron chi connectivity index (χ0n) is 10.5. The van der Waals surface area contributed by atoms with Crippen molar-refractivity contribution in [2.45, 2.75) is 25.0 Å². The fourth-order valence-corrected chi connectivity index (χ4v) is 3.38. The van der Waals surface area contributed by atoms with E-state index in [-0.39, 0.29) is 6.04 Å². The van der Waals surface area contributed by atoms with Crippen molar-refractivity contribution in [3.63, 3.8) is 0 Å². The summed E-state index contributed by atoms with van der Waals surface area (Å²) in [5.41, 5.74) is 5.34. The van der Waals surface area contributed by atoms with E-state index < -0.39 is 16.4 Å². The summed E-state index contributed by atoms with van der Waals surface area (Å²) in [6, 6.07) is 0.0764. The monoisotopic (exact) mass is 304 g/mol. The van der Waals surface area contributed by atoms with Crippen molar-refractivity contribution >= 4 is 10.2 Å². The molecule has 2 unspecified atom stereocenters. The third-order valence-electron chi connectivity index (χ3n) is 3.43. The zero-order valence-corrected chi connectivity index (χ0v) is 11.4. The van der Waals surface area contributed by atoms with E-state index in [1.807, 2.05) is 0 Å². The molecule has 3 rings (SSSR count). The molecule has 0 aromatic carbocycles. The fourth-order valence-electron chi connectivity index (χ4n) is 2.50. The van der Waals surface area contributed by atoms with Gasteiger partial charge in [-0.05, 0) is 6.42 Å². The lowest BCUT2D eigenvalue weighted by Crippen LogP contribution is -2.60. The molecule has 0 aromatic rings. The first-order chi connectivity index (χ1) is 9.55. The first kappa shape index (κ1) is 13.5. The number of rotatable bonds is 3. The predicted molar refractivity (Wildman–Crippen MR) is 67.0 cm³/mol. The zero-order chi connectivity index (χ0) is 14.2. The lowest BCUT2D eigenvalue weighted by molar-refractivity contribution is -0.0623. The van der Waals surface area contributed by atoms with Crippen LogP contribution in [0.25, 0.3) is 0 Å². The van der Waals surface area contributed by atoms with E-state index in [0.717, 1.165) is 0 Å². The second-order valence-electron chi connectivity index (χ2n) is 4.62. The van der Waals surface area contributed by atoms with Gasteiger partial charge in [-0.25, -0.2) is 5.14 Å². The predicted octanol–water partition coefficient (Wildman–Crippen LogP) is -1.57. The topological polar surface area (TPSA) is 112 Å². The molecule has 10 nitrogen and oxygen atoms in total. The molecule has 1 fully saturated rings. The molecule has 0 aliphatic carbocycles. The molecule has 0 radical (unpaired) electrons. The quantitative estimate of drug-likeness (QED) is 0.573. The van der Waals surface area contributed by atoms with Gasteiger partial charge in [0.05, 0.1) is 18.4 Å². The summed E-state index contributed by atoms with van der Waals surface area (Å²) < 4.78 is 24.6. The maximum Gasteiger partial charge on any atom is 0.278 e. The fraction of sp³-hybridized carbons (Fsp3) is 0.556. The van der Waals surface area contributed by atoms with Gasteiger partial charge in [0.2, 0.25) is 0 Å². The summed E-state index contributed by atoms with van der Waals surface area (Å²) in [7, 11) is -3.79. The van der Waals surface area contributed by atoms with Gasteiger partial charge in [0.25, 0.3) is 10.2 Å². The molecule has 4 N–H and O–H groups in total. The van der Waals surface area contributed by atoms with Crippen molar-refractivity contribution in [2.75, 3.05) is 6.54 Å². The van der Waals surface area contributed by atoms with Crippen LogP contribution >= 0.6 is 0 Å². The highest BCUT2D eigenvalue weighted by Crippen LogP contribution is 2.26. The number of hydrogen-bond acceptors (Lipinski definition) is 8. The molecule has 3 heterocycles. The highest BCUT2D eigenvalue weighted by Gasteiger charge is 2.40. The van der Waals surface area contributed by atoms with Crippen LogP contribution in [0.3, 0.4) is 0 Å². The normalized spacial score (nSPS) is 30.6. The first-order valence-electron chi connectivity index (χ1n) is 6.08. The minimum Gasteiger partial charge on any atom is -0.395 e. The van der Waals surface area contributed by atoms with E-state index in [4.69, 9.17) is 14.8 Å². The third-order valence-corrected chi connectivity index (χ3v) is 4.51. The highest BCUT2D eigenvalue weighted by atomic mass is 32.2. The third kappa shape index (κ3) is 2.53.